The van der Waals surface area contributed by atoms with E-state index < -0.39 is 0 Å². The Balaban J connectivity index is 1.95. The maximum Gasteiger partial charge on any atom is 0.255 e. The summed E-state index contributed by atoms with van der Waals surface area (Å²) < 4.78 is 5.37. The van der Waals surface area contributed by atoms with Crippen molar-refractivity contribution < 1.29 is 14.3 Å². The lowest BCUT2D eigenvalue weighted by molar-refractivity contribution is 0.0924. The Labute approximate surface area is 171 Å². The summed E-state index contributed by atoms with van der Waals surface area (Å²) in [5.41, 5.74) is 2.29. The molecule has 1 aliphatic rings. The standard InChI is InChI=1S/C23H26ClNO3/c1-3-15-9-7-8-12-18(15)21(26)16-13-19(22(28-2)20(24)14-16)23(27)25-17-10-5-4-6-11-17/h7-9,12-14,17H,3-6,10-11H2,1-2H3,(H,25,27). The van der Waals surface area contributed by atoms with Crippen LogP contribution < -0.4 is 10.1 Å². The Morgan fingerprint density at radius 2 is 1.82 bits per heavy atom. The third kappa shape index (κ3) is 4.39. The number of hydrogen-bond acceptors (Lipinski definition) is 3. The number of halogens is 1. The van der Waals surface area contributed by atoms with Gasteiger partial charge in [-0.05, 0) is 37.0 Å². The van der Waals surface area contributed by atoms with E-state index >= 15 is 0 Å². The smallest absolute Gasteiger partial charge is 0.255 e. The number of hydrogen-bond donors (Lipinski definition) is 1. The van der Waals surface area contributed by atoms with E-state index in [-0.39, 0.29) is 22.8 Å². The van der Waals surface area contributed by atoms with E-state index in [1.807, 2.05) is 25.1 Å². The summed E-state index contributed by atoms with van der Waals surface area (Å²) in [6.45, 7) is 2.01. The fraction of sp³-hybridized carbons (Fsp3) is 0.391. The number of ether oxygens (including phenoxy) is 1. The predicted molar refractivity (Wildman–Crippen MR) is 112 cm³/mol. The molecule has 1 fully saturated rings. The highest BCUT2D eigenvalue weighted by molar-refractivity contribution is 6.33. The maximum absolute atomic E-state index is 13.1. The largest absolute Gasteiger partial charge is 0.494 e. The third-order valence-corrected chi connectivity index (χ3v) is 5.62. The zero-order valence-electron chi connectivity index (χ0n) is 16.4. The van der Waals surface area contributed by atoms with Crippen LogP contribution in [0.3, 0.4) is 0 Å². The summed E-state index contributed by atoms with van der Waals surface area (Å²) in [4.78, 5) is 26.0. The Bertz CT molecular complexity index is 872. The molecule has 1 aliphatic carbocycles. The first-order valence-corrected chi connectivity index (χ1v) is 10.2. The van der Waals surface area contributed by atoms with Gasteiger partial charge in [0.15, 0.2) is 5.78 Å². The Hall–Kier alpha value is -2.33. The molecular formula is C23H26ClNO3. The van der Waals surface area contributed by atoms with E-state index in [2.05, 4.69) is 5.32 Å². The number of benzene rings is 2. The van der Waals surface area contributed by atoms with Gasteiger partial charge in [-0.2, -0.15) is 0 Å². The van der Waals surface area contributed by atoms with Gasteiger partial charge >= 0.3 is 0 Å². The van der Waals surface area contributed by atoms with Gasteiger partial charge in [0.25, 0.3) is 5.91 Å². The molecule has 148 valence electrons. The van der Waals surface area contributed by atoms with Crippen LogP contribution in [0.4, 0.5) is 0 Å². The van der Waals surface area contributed by atoms with Gasteiger partial charge < -0.3 is 10.1 Å². The Morgan fingerprint density at radius 3 is 2.50 bits per heavy atom. The van der Waals surface area contributed by atoms with Crippen LogP contribution in [0.1, 0.15) is 70.9 Å². The van der Waals surface area contributed by atoms with Gasteiger partial charge in [-0.15, -0.1) is 0 Å². The summed E-state index contributed by atoms with van der Waals surface area (Å²) in [5.74, 6) is -0.0897. The lowest BCUT2D eigenvalue weighted by Gasteiger charge is -2.23. The number of nitrogens with one attached hydrogen (secondary N) is 1. The monoisotopic (exact) mass is 399 g/mol. The van der Waals surface area contributed by atoms with Crippen molar-refractivity contribution in [2.75, 3.05) is 7.11 Å². The van der Waals surface area contributed by atoms with Gasteiger partial charge in [0.1, 0.15) is 5.75 Å². The van der Waals surface area contributed by atoms with E-state index in [4.69, 9.17) is 16.3 Å². The van der Waals surface area contributed by atoms with Crippen molar-refractivity contribution >= 4 is 23.3 Å². The number of methoxy groups -OCH3 is 1. The molecule has 1 saturated carbocycles. The fourth-order valence-corrected chi connectivity index (χ4v) is 4.11. The number of carbonyl (C=O) groups is 2. The first kappa shape index (κ1) is 20.4. The van der Waals surface area contributed by atoms with Crippen LogP contribution in [0.5, 0.6) is 5.75 Å². The highest BCUT2D eigenvalue weighted by Crippen LogP contribution is 2.32. The number of aryl methyl sites for hydroxylation is 1. The highest BCUT2D eigenvalue weighted by atomic mass is 35.5. The number of carbonyl (C=O) groups excluding carboxylic acids is 2. The van der Waals surface area contributed by atoms with Gasteiger partial charge in [0.2, 0.25) is 0 Å². The van der Waals surface area contributed by atoms with Gasteiger partial charge in [-0.1, -0.05) is 62.1 Å². The minimum atomic E-state index is -0.246. The quantitative estimate of drug-likeness (QED) is 0.679. The topological polar surface area (TPSA) is 55.4 Å². The Morgan fingerprint density at radius 1 is 1.11 bits per heavy atom. The van der Waals surface area contributed by atoms with Gasteiger partial charge in [-0.25, -0.2) is 0 Å². The van der Waals surface area contributed by atoms with Crippen molar-refractivity contribution in [1.82, 2.24) is 5.32 Å². The maximum atomic E-state index is 13.1. The molecule has 0 saturated heterocycles. The minimum Gasteiger partial charge on any atom is -0.494 e. The minimum absolute atomic E-state index is 0.145. The molecular weight excluding hydrogens is 374 g/mol. The van der Waals surface area contributed by atoms with Gasteiger partial charge in [0, 0.05) is 17.2 Å². The summed E-state index contributed by atoms with van der Waals surface area (Å²) in [6.07, 6.45) is 6.15. The fourth-order valence-electron chi connectivity index (χ4n) is 3.82. The average Bonchev–Trinajstić information content (AvgIpc) is 2.73. The van der Waals surface area contributed by atoms with E-state index in [9.17, 15) is 9.59 Å². The lowest BCUT2D eigenvalue weighted by atomic mass is 9.94. The van der Waals surface area contributed by atoms with Crippen LogP contribution in [0.15, 0.2) is 36.4 Å². The van der Waals surface area contributed by atoms with Gasteiger partial charge in [0.05, 0.1) is 17.7 Å². The molecule has 1 amide bonds. The van der Waals surface area contributed by atoms with Crippen LogP contribution in [0.2, 0.25) is 5.02 Å². The first-order chi connectivity index (χ1) is 13.5. The molecule has 0 spiro atoms. The van der Waals surface area contributed by atoms with Crippen molar-refractivity contribution in [2.45, 2.75) is 51.5 Å². The lowest BCUT2D eigenvalue weighted by Crippen LogP contribution is -2.36. The summed E-state index contributed by atoms with van der Waals surface area (Å²) in [6, 6.07) is 10.8. The molecule has 0 heterocycles. The molecule has 0 radical (unpaired) electrons. The third-order valence-electron chi connectivity index (χ3n) is 5.34. The second kappa shape index (κ2) is 9.24. The molecule has 2 aromatic carbocycles. The SMILES string of the molecule is CCc1ccccc1C(=O)c1cc(Cl)c(OC)c(C(=O)NC2CCCCC2)c1. The molecule has 0 aliphatic heterocycles. The van der Waals surface area contributed by atoms with Crippen molar-refractivity contribution in [3.8, 4) is 5.75 Å². The predicted octanol–water partition coefficient (Wildman–Crippen LogP) is 5.20. The zero-order valence-corrected chi connectivity index (χ0v) is 17.1. The van der Waals surface area contributed by atoms with Crippen molar-refractivity contribution in [2.24, 2.45) is 0 Å². The molecule has 5 heteroatoms. The summed E-state index contributed by atoms with van der Waals surface area (Å²) in [5, 5.41) is 3.34. The molecule has 1 N–H and O–H groups in total. The summed E-state index contributed by atoms with van der Waals surface area (Å²) >= 11 is 6.37. The molecule has 28 heavy (non-hydrogen) atoms. The second-order valence-electron chi connectivity index (χ2n) is 7.19. The van der Waals surface area contributed by atoms with Crippen molar-refractivity contribution in [3.05, 3.63) is 63.7 Å². The van der Waals surface area contributed by atoms with Crippen LogP contribution in [0.25, 0.3) is 0 Å². The van der Waals surface area contributed by atoms with Crippen LogP contribution in [0, 0.1) is 0 Å². The molecule has 3 rings (SSSR count). The molecule has 0 aromatic heterocycles. The van der Waals surface area contributed by atoms with E-state index in [1.165, 1.54) is 13.5 Å². The molecule has 4 nitrogen and oxygen atoms in total. The Kier molecular flexibility index (Phi) is 6.74. The molecule has 0 atom stereocenters. The number of rotatable bonds is 6. The molecule has 0 unspecified atom stereocenters. The second-order valence-corrected chi connectivity index (χ2v) is 7.59. The highest BCUT2D eigenvalue weighted by Gasteiger charge is 2.23. The number of amides is 1. The first-order valence-electron chi connectivity index (χ1n) is 9.86. The van der Waals surface area contributed by atoms with Crippen LogP contribution in [-0.2, 0) is 6.42 Å². The van der Waals surface area contributed by atoms with E-state index in [0.717, 1.165) is 37.7 Å². The van der Waals surface area contributed by atoms with Crippen molar-refractivity contribution in [1.29, 1.82) is 0 Å². The molecule has 2 aromatic rings. The summed E-state index contributed by atoms with van der Waals surface area (Å²) in [7, 11) is 1.48. The zero-order chi connectivity index (χ0) is 20.1. The van der Waals surface area contributed by atoms with Gasteiger partial charge in [-0.3, -0.25) is 9.59 Å². The van der Waals surface area contributed by atoms with Crippen molar-refractivity contribution in [3.63, 3.8) is 0 Å². The molecule has 0 bridgehead atoms. The van der Waals surface area contributed by atoms with Crippen LogP contribution >= 0.6 is 11.6 Å². The average molecular weight is 400 g/mol. The normalized spacial score (nSPS) is 14.5. The van der Waals surface area contributed by atoms with Crippen LogP contribution in [-0.4, -0.2) is 24.8 Å². The number of ketones is 1. The van der Waals surface area contributed by atoms with E-state index in [0.29, 0.717) is 22.4 Å². The van der Waals surface area contributed by atoms with E-state index in [1.54, 1.807) is 18.2 Å².